The number of hydrogen-bond donors (Lipinski definition) is 2. The van der Waals surface area contributed by atoms with Gasteiger partial charge in [-0.1, -0.05) is 35.9 Å². The fraction of sp³-hybridized carbons (Fsp3) is 0.0800. The van der Waals surface area contributed by atoms with Gasteiger partial charge in [0.25, 0.3) is 17.5 Å². The molecular weight excluding hydrogens is 488 g/mol. The van der Waals surface area contributed by atoms with Crippen LogP contribution in [0.2, 0.25) is 5.02 Å². The van der Waals surface area contributed by atoms with Crippen molar-refractivity contribution in [3.05, 3.63) is 93.0 Å². The van der Waals surface area contributed by atoms with Gasteiger partial charge in [-0.05, 0) is 42.0 Å². The highest BCUT2D eigenvalue weighted by molar-refractivity contribution is 6.32. The first-order valence-corrected chi connectivity index (χ1v) is 10.7. The molecule has 0 fully saturated rings. The Hall–Kier alpha value is -4.88. The van der Waals surface area contributed by atoms with Gasteiger partial charge in [-0.15, -0.1) is 0 Å². The van der Waals surface area contributed by atoms with Crippen LogP contribution in [0, 0.1) is 21.4 Å². The van der Waals surface area contributed by atoms with Gasteiger partial charge in [0.2, 0.25) is 0 Å². The minimum Gasteiger partial charge on any atom is -0.495 e. The van der Waals surface area contributed by atoms with Crippen LogP contribution in [0.4, 0.5) is 17.1 Å². The predicted octanol–water partition coefficient (Wildman–Crippen LogP) is 4.82. The summed E-state index contributed by atoms with van der Waals surface area (Å²) in [5, 5.41) is 25.6. The van der Waals surface area contributed by atoms with Crippen LogP contribution in [0.1, 0.15) is 5.56 Å². The maximum Gasteiger partial charge on any atom is 0.271 e. The first-order valence-electron chi connectivity index (χ1n) is 10.3. The number of nitro groups is 1. The zero-order valence-electron chi connectivity index (χ0n) is 18.9. The number of non-ortho nitro benzene ring substituents is 1. The van der Waals surface area contributed by atoms with E-state index in [-0.39, 0.29) is 34.3 Å². The zero-order valence-corrected chi connectivity index (χ0v) is 19.6. The molecule has 0 unspecified atom stereocenters. The number of nitrogens with zero attached hydrogens (tertiary/aromatic N) is 2. The van der Waals surface area contributed by atoms with E-state index in [1.807, 2.05) is 0 Å². The summed E-state index contributed by atoms with van der Waals surface area (Å²) >= 11 is 6.25. The molecule has 0 saturated heterocycles. The molecule has 0 spiro atoms. The Bertz CT molecular complexity index is 1380. The molecule has 0 aromatic heterocycles. The Morgan fingerprint density at radius 3 is 2.56 bits per heavy atom. The van der Waals surface area contributed by atoms with Crippen LogP contribution in [0.5, 0.6) is 11.5 Å². The smallest absolute Gasteiger partial charge is 0.271 e. The van der Waals surface area contributed by atoms with Gasteiger partial charge in [-0.3, -0.25) is 19.7 Å². The van der Waals surface area contributed by atoms with E-state index in [1.165, 1.54) is 49.6 Å². The third kappa shape index (κ3) is 6.82. The summed E-state index contributed by atoms with van der Waals surface area (Å²) in [6.07, 6.45) is 1.30. The van der Waals surface area contributed by atoms with E-state index in [9.17, 15) is 25.0 Å². The molecule has 3 aromatic carbocycles. The zero-order chi connectivity index (χ0) is 26.1. The number of carbonyl (C=O) groups is 2. The van der Waals surface area contributed by atoms with E-state index < -0.39 is 16.7 Å². The highest BCUT2D eigenvalue weighted by Gasteiger charge is 2.14. The van der Waals surface area contributed by atoms with Crippen LogP contribution in [0.3, 0.4) is 0 Å². The maximum atomic E-state index is 12.5. The first kappa shape index (κ1) is 25.7. The molecule has 0 saturated carbocycles. The van der Waals surface area contributed by atoms with Crippen molar-refractivity contribution in [3.8, 4) is 17.6 Å². The van der Waals surface area contributed by atoms with E-state index in [0.29, 0.717) is 17.0 Å². The number of halogens is 1. The van der Waals surface area contributed by atoms with Gasteiger partial charge in [-0.25, -0.2) is 0 Å². The topological polar surface area (TPSA) is 144 Å². The largest absolute Gasteiger partial charge is 0.495 e. The molecule has 0 radical (unpaired) electrons. The standard InChI is InChI=1S/C25H19ClN4O6/c1-35-23-8-3-2-7-21(23)29-24(31)15-36-22-10-9-16(12-20(22)26)11-17(14-27)25(32)28-18-5-4-6-19(13-18)30(33)34/h2-13H,15H2,1H3,(H,28,32)(H,29,31)/b17-11-. The van der Waals surface area contributed by atoms with E-state index in [0.717, 1.165) is 0 Å². The monoisotopic (exact) mass is 506 g/mol. The number of nitrogens with one attached hydrogen (secondary N) is 2. The van der Waals surface area contributed by atoms with E-state index >= 15 is 0 Å². The highest BCUT2D eigenvalue weighted by Crippen LogP contribution is 2.27. The molecule has 3 rings (SSSR count). The third-order valence-corrected chi connectivity index (χ3v) is 4.98. The molecule has 3 aromatic rings. The second kappa shape index (κ2) is 12.0. The summed E-state index contributed by atoms with van der Waals surface area (Å²) in [7, 11) is 1.49. The fourth-order valence-electron chi connectivity index (χ4n) is 3.01. The Labute approximate surface area is 210 Å². The molecule has 0 heterocycles. The number of nitriles is 1. The minimum absolute atomic E-state index is 0.158. The van der Waals surface area contributed by atoms with Gasteiger partial charge in [0.15, 0.2) is 6.61 Å². The van der Waals surface area contributed by atoms with Crippen molar-refractivity contribution < 1.29 is 24.0 Å². The second-order valence-corrected chi connectivity index (χ2v) is 7.57. The van der Waals surface area contributed by atoms with Crippen molar-refractivity contribution in [1.82, 2.24) is 0 Å². The van der Waals surface area contributed by atoms with Crippen LogP contribution in [-0.2, 0) is 9.59 Å². The molecule has 182 valence electrons. The van der Waals surface area contributed by atoms with Gasteiger partial charge in [0.05, 0.1) is 22.7 Å². The van der Waals surface area contributed by atoms with Crippen LogP contribution in [-0.4, -0.2) is 30.5 Å². The lowest BCUT2D eigenvalue weighted by Crippen LogP contribution is -2.20. The summed E-state index contributed by atoms with van der Waals surface area (Å²) < 4.78 is 10.7. The molecule has 11 heteroatoms. The number of amides is 2. The van der Waals surface area contributed by atoms with Crippen molar-refractivity contribution in [2.45, 2.75) is 0 Å². The highest BCUT2D eigenvalue weighted by atomic mass is 35.5. The Kier molecular flexibility index (Phi) is 8.58. The van der Waals surface area contributed by atoms with Crippen LogP contribution >= 0.6 is 11.6 Å². The van der Waals surface area contributed by atoms with Gasteiger partial charge in [-0.2, -0.15) is 5.26 Å². The number of nitro benzene ring substituents is 1. The lowest BCUT2D eigenvalue weighted by atomic mass is 10.1. The number of benzene rings is 3. The lowest BCUT2D eigenvalue weighted by molar-refractivity contribution is -0.384. The normalized spacial score (nSPS) is 10.6. The molecule has 0 aliphatic heterocycles. The maximum absolute atomic E-state index is 12.5. The average molecular weight is 507 g/mol. The molecule has 0 atom stereocenters. The van der Waals surface area contributed by atoms with Crippen molar-refractivity contribution in [3.63, 3.8) is 0 Å². The van der Waals surface area contributed by atoms with Crippen LogP contribution < -0.4 is 20.1 Å². The fourth-order valence-corrected chi connectivity index (χ4v) is 3.26. The Morgan fingerprint density at radius 1 is 1.08 bits per heavy atom. The number of carbonyl (C=O) groups excluding carboxylic acids is 2. The van der Waals surface area contributed by atoms with Crippen molar-refractivity contribution in [1.29, 1.82) is 5.26 Å². The molecule has 0 aliphatic rings. The van der Waals surface area contributed by atoms with E-state index in [4.69, 9.17) is 21.1 Å². The molecule has 2 amide bonds. The Morgan fingerprint density at radius 2 is 1.86 bits per heavy atom. The van der Waals surface area contributed by atoms with Crippen molar-refractivity contribution in [2.75, 3.05) is 24.4 Å². The quantitative estimate of drug-likeness (QED) is 0.183. The number of para-hydroxylation sites is 2. The van der Waals surface area contributed by atoms with Gasteiger partial charge in [0, 0.05) is 17.8 Å². The second-order valence-electron chi connectivity index (χ2n) is 7.16. The number of ether oxygens (including phenoxy) is 2. The number of methoxy groups -OCH3 is 1. The summed E-state index contributed by atoms with van der Waals surface area (Å²) in [6, 6.07) is 18.6. The number of hydrogen-bond acceptors (Lipinski definition) is 7. The minimum atomic E-state index is -0.748. The van der Waals surface area contributed by atoms with Gasteiger partial charge in [0.1, 0.15) is 23.1 Å². The summed E-state index contributed by atoms with van der Waals surface area (Å²) in [6.45, 7) is -0.317. The van der Waals surface area contributed by atoms with E-state index in [1.54, 1.807) is 36.4 Å². The molecular formula is C25H19ClN4O6. The van der Waals surface area contributed by atoms with Crippen molar-refractivity contribution in [2.24, 2.45) is 0 Å². The van der Waals surface area contributed by atoms with Gasteiger partial charge < -0.3 is 20.1 Å². The van der Waals surface area contributed by atoms with Crippen LogP contribution in [0.15, 0.2) is 72.3 Å². The summed E-state index contributed by atoms with van der Waals surface area (Å²) in [5.41, 5.74) is 0.643. The number of rotatable bonds is 9. The van der Waals surface area contributed by atoms with Crippen LogP contribution in [0.25, 0.3) is 6.08 Å². The third-order valence-electron chi connectivity index (χ3n) is 4.69. The van der Waals surface area contributed by atoms with Gasteiger partial charge >= 0.3 is 0 Å². The van der Waals surface area contributed by atoms with Crippen molar-refractivity contribution >= 4 is 46.6 Å². The lowest BCUT2D eigenvalue weighted by Gasteiger charge is -2.11. The molecule has 0 bridgehead atoms. The molecule has 36 heavy (non-hydrogen) atoms. The van der Waals surface area contributed by atoms with E-state index in [2.05, 4.69) is 10.6 Å². The predicted molar refractivity (Wildman–Crippen MR) is 134 cm³/mol. The molecule has 0 aliphatic carbocycles. The average Bonchev–Trinajstić information content (AvgIpc) is 2.87. The number of anilines is 2. The summed E-state index contributed by atoms with van der Waals surface area (Å²) in [4.78, 5) is 35.0. The molecule has 10 nitrogen and oxygen atoms in total. The Balaban J connectivity index is 1.65. The molecule has 2 N–H and O–H groups in total. The SMILES string of the molecule is COc1ccccc1NC(=O)COc1ccc(/C=C(/C#N)C(=O)Nc2cccc([N+](=O)[O-])c2)cc1Cl. The first-order chi connectivity index (χ1) is 17.3. The summed E-state index contributed by atoms with van der Waals surface area (Å²) in [5.74, 6) is -0.446.